The largest absolute Gasteiger partial charge is 0.347 e. The number of carbonyl (C=O) groups is 1. The van der Waals surface area contributed by atoms with Crippen molar-refractivity contribution in [2.24, 2.45) is 18.9 Å². The maximum Gasteiger partial charge on any atom is 0.220 e. The zero-order chi connectivity index (χ0) is 22.6. The molecule has 1 saturated heterocycles. The number of imidazole rings is 1. The predicted molar refractivity (Wildman–Crippen MR) is 130 cm³/mol. The van der Waals surface area contributed by atoms with Gasteiger partial charge in [-0.2, -0.15) is 0 Å². The molecule has 2 aliphatic rings. The number of piperidine rings is 1. The van der Waals surface area contributed by atoms with E-state index in [0.717, 1.165) is 49.5 Å². The third kappa shape index (κ3) is 5.11. The SMILES string of the molecule is Cn1c(CN2CCCC(C(NC(=O)CC3CCCC3)c3ccccn3)C2)nc2ccccc21. The van der Waals surface area contributed by atoms with Crippen LogP contribution in [0.1, 0.15) is 62.5 Å². The lowest BCUT2D eigenvalue weighted by Crippen LogP contribution is -2.43. The summed E-state index contributed by atoms with van der Waals surface area (Å²) in [5.41, 5.74) is 3.20. The summed E-state index contributed by atoms with van der Waals surface area (Å²) in [6.45, 7) is 2.82. The number of hydrogen-bond acceptors (Lipinski definition) is 4. The van der Waals surface area contributed by atoms with Crippen LogP contribution >= 0.6 is 0 Å². The Morgan fingerprint density at radius 2 is 1.91 bits per heavy atom. The van der Waals surface area contributed by atoms with E-state index in [4.69, 9.17) is 4.98 Å². The van der Waals surface area contributed by atoms with E-state index >= 15 is 0 Å². The molecular weight excluding hydrogens is 410 g/mol. The highest BCUT2D eigenvalue weighted by Crippen LogP contribution is 2.32. The number of pyridine rings is 1. The first-order valence-corrected chi connectivity index (χ1v) is 12.5. The summed E-state index contributed by atoms with van der Waals surface area (Å²) >= 11 is 0. The van der Waals surface area contributed by atoms with E-state index in [-0.39, 0.29) is 11.9 Å². The molecule has 0 spiro atoms. The number of hydrogen-bond donors (Lipinski definition) is 1. The molecule has 1 aliphatic heterocycles. The number of aromatic nitrogens is 3. The fourth-order valence-corrected chi connectivity index (χ4v) is 5.75. The highest BCUT2D eigenvalue weighted by atomic mass is 16.1. The predicted octanol–water partition coefficient (Wildman–Crippen LogP) is 4.62. The summed E-state index contributed by atoms with van der Waals surface area (Å²) in [7, 11) is 2.10. The summed E-state index contributed by atoms with van der Waals surface area (Å²) in [5.74, 6) is 2.17. The Bertz CT molecular complexity index is 1070. The first-order valence-electron chi connectivity index (χ1n) is 12.5. The molecule has 0 radical (unpaired) electrons. The fraction of sp³-hybridized carbons (Fsp3) is 0.519. The van der Waals surface area contributed by atoms with Crippen LogP contribution in [-0.2, 0) is 18.4 Å². The second kappa shape index (κ2) is 10.0. The van der Waals surface area contributed by atoms with Crippen molar-refractivity contribution in [1.82, 2.24) is 24.8 Å². The third-order valence-electron chi connectivity index (χ3n) is 7.53. The van der Waals surface area contributed by atoms with Gasteiger partial charge in [-0.1, -0.05) is 31.0 Å². The van der Waals surface area contributed by atoms with Crippen molar-refractivity contribution < 1.29 is 4.79 Å². The molecule has 2 aromatic heterocycles. The van der Waals surface area contributed by atoms with E-state index in [1.165, 1.54) is 31.2 Å². The smallest absolute Gasteiger partial charge is 0.220 e. The minimum absolute atomic E-state index is 0.0386. The van der Waals surface area contributed by atoms with Crippen molar-refractivity contribution in [2.45, 2.75) is 57.5 Å². The maximum absolute atomic E-state index is 13.0. The first kappa shape index (κ1) is 22.1. The van der Waals surface area contributed by atoms with E-state index in [0.29, 0.717) is 18.3 Å². The van der Waals surface area contributed by atoms with Crippen molar-refractivity contribution in [2.75, 3.05) is 13.1 Å². The van der Waals surface area contributed by atoms with Gasteiger partial charge in [-0.05, 0) is 68.3 Å². The Balaban J connectivity index is 1.30. The van der Waals surface area contributed by atoms with Crippen molar-refractivity contribution in [1.29, 1.82) is 0 Å². The van der Waals surface area contributed by atoms with Crippen LogP contribution in [0.15, 0.2) is 48.7 Å². The van der Waals surface area contributed by atoms with Gasteiger partial charge in [0.1, 0.15) is 5.82 Å². The van der Waals surface area contributed by atoms with Gasteiger partial charge < -0.3 is 9.88 Å². The van der Waals surface area contributed by atoms with Crippen LogP contribution in [0.5, 0.6) is 0 Å². The Morgan fingerprint density at radius 1 is 1.09 bits per heavy atom. The topological polar surface area (TPSA) is 63.0 Å². The van der Waals surface area contributed by atoms with E-state index in [2.05, 4.69) is 51.1 Å². The van der Waals surface area contributed by atoms with E-state index in [1.54, 1.807) is 0 Å². The van der Waals surface area contributed by atoms with Gasteiger partial charge in [0.15, 0.2) is 0 Å². The number of fused-ring (bicyclic) bond motifs is 1. The molecule has 6 heteroatoms. The standard InChI is InChI=1S/C27H35N5O/c1-31-24-14-5-4-12-22(24)29-25(31)19-32-16-8-11-21(18-32)27(23-13-6-7-15-28-23)30-26(33)17-20-9-2-3-10-20/h4-7,12-15,20-21,27H,2-3,8-11,16-19H2,1H3,(H,30,33). The van der Waals surface area contributed by atoms with Gasteiger partial charge in [-0.3, -0.25) is 14.7 Å². The molecule has 3 heterocycles. The van der Waals surface area contributed by atoms with Gasteiger partial charge in [-0.15, -0.1) is 0 Å². The van der Waals surface area contributed by atoms with Crippen LogP contribution in [0, 0.1) is 11.8 Å². The molecule has 6 nitrogen and oxygen atoms in total. The Kier molecular flexibility index (Phi) is 6.72. The molecule has 2 fully saturated rings. The van der Waals surface area contributed by atoms with E-state index in [9.17, 15) is 4.79 Å². The number of rotatable bonds is 7. The van der Waals surface area contributed by atoms with Gasteiger partial charge >= 0.3 is 0 Å². The Labute approximate surface area is 196 Å². The molecule has 0 bridgehead atoms. The van der Waals surface area contributed by atoms with Gasteiger partial charge in [0.25, 0.3) is 0 Å². The van der Waals surface area contributed by atoms with Crippen LogP contribution in [0.4, 0.5) is 0 Å². The third-order valence-corrected chi connectivity index (χ3v) is 7.53. The average Bonchev–Trinajstić information content (AvgIpc) is 3.46. The summed E-state index contributed by atoms with van der Waals surface area (Å²) in [5, 5.41) is 3.40. The summed E-state index contributed by atoms with van der Waals surface area (Å²) in [6.07, 6.45) is 9.63. The molecule has 1 N–H and O–H groups in total. The number of likely N-dealkylation sites (tertiary alicyclic amines) is 1. The lowest BCUT2D eigenvalue weighted by atomic mass is 9.88. The summed E-state index contributed by atoms with van der Waals surface area (Å²) in [6, 6.07) is 14.3. The minimum atomic E-state index is -0.0386. The number of amides is 1. The number of carbonyl (C=O) groups excluding carboxylic acids is 1. The highest BCUT2D eigenvalue weighted by Gasteiger charge is 2.31. The number of para-hydroxylation sites is 2. The molecular formula is C27H35N5O. The number of aryl methyl sites for hydroxylation is 1. The summed E-state index contributed by atoms with van der Waals surface area (Å²) < 4.78 is 2.21. The van der Waals surface area contributed by atoms with Crippen LogP contribution in [0.3, 0.4) is 0 Å². The monoisotopic (exact) mass is 445 g/mol. The molecule has 1 saturated carbocycles. The van der Waals surface area contributed by atoms with Gasteiger partial charge in [-0.25, -0.2) is 4.98 Å². The lowest BCUT2D eigenvalue weighted by molar-refractivity contribution is -0.123. The van der Waals surface area contributed by atoms with Gasteiger partial charge in [0.05, 0.1) is 29.3 Å². The van der Waals surface area contributed by atoms with Gasteiger partial charge in [0, 0.05) is 26.2 Å². The van der Waals surface area contributed by atoms with Crippen LogP contribution in [0.2, 0.25) is 0 Å². The second-order valence-electron chi connectivity index (χ2n) is 9.87. The Hall–Kier alpha value is -2.73. The molecule has 5 rings (SSSR count). The maximum atomic E-state index is 13.0. The second-order valence-corrected chi connectivity index (χ2v) is 9.87. The summed E-state index contributed by atoms with van der Waals surface area (Å²) in [4.78, 5) is 25.0. The lowest BCUT2D eigenvalue weighted by Gasteiger charge is -2.37. The van der Waals surface area contributed by atoms with Crippen LogP contribution < -0.4 is 5.32 Å². The quantitative estimate of drug-likeness (QED) is 0.576. The van der Waals surface area contributed by atoms with E-state index in [1.807, 2.05) is 24.4 Å². The number of nitrogens with zero attached hydrogens (tertiary/aromatic N) is 4. The molecule has 2 atom stereocenters. The van der Waals surface area contributed by atoms with E-state index < -0.39 is 0 Å². The molecule has 1 aliphatic carbocycles. The molecule has 1 aromatic carbocycles. The molecule has 3 aromatic rings. The Morgan fingerprint density at radius 3 is 2.70 bits per heavy atom. The zero-order valence-electron chi connectivity index (χ0n) is 19.6. The minimum Gasteiger partial charge on any atom is -0.347 e. The normalized spacial score (nSPS) is 20.8. The highest BCUT2D eigenvalue weighted by molar-refractivity contribution is 5.77. The zero-order valence-corrected chi connectivity index (χ0v) is 19.6. The van der Waals surface area contributed by atoms with Crippen molar-refractivity contribution in [3.05, 3.63) is 60.2 Å². The number of benzene rings is 1. The van der Waals surface area contributed by atoms with Gasteiger partial charge in [0.2, 0.25) is 5.91 Å². The van der Waals surface area contributed by atoms with Crippen LogP contribution in [-0.4, -0.2) is 38.4 Å². The fourth-order valence-electron chi connectivity index (χ4n) is 5.75. The molecule has 1 amide bonds. The van der Waals surface area contributed by atoms with Crippen molar-refractivity contribution in [3.63, 3.8) is 0 Å². The molecule has 174 valence electrons. The molecule has 33 heavy (non-hydrogen) atoms. The number of nitrogens with one attached hydrogen (secondary N) is 1. The average molecular weight is 446 g/mol. The van der Waals surface area contributed by atoms with Crippen LogP contribution in [0.25, 0.3) is 11.0 Å². The van der Waals surface area contributed by atoms with Crippen molar-refractivity contribution in [3.8, 4) is 0 Å². The van der Waals surface area contributed by atoms with Crippen molar-refractivity contribution >= 4 is 16.9 Å². The molecule has 2 unspecified atom stereocenters. The first-order chi connectivity index (χ1) is 16.2.